The molecule has 2 rings (SSSR count). The van der Waals surface area contributed by atoms with E-state index in [1.165, 1.54) is 6.33 Å². The summed E-state index contributed by atoms with van der Waals surface area (Å²) >= 11 is 0. The van der Waals surface area contributed by atoms with Crippen LogP contribution in [0, 0.1) is 5.41 Å². The van der Waals surface area contributed by atoms with Crippen molar-refractivity contribution in [1.29, 1.82) is 0 Å². The van der Waals surface area contributed by atoms with E-state index in [1.54, 1.807) is 0 Å². The van der Waals surface area contributed by atoms with Crippen molar-refractivity contribution in [3.63, 3.8) is 0 Å². The van der Waals surface area contributed by atoms with Crippen LogP contribution in [0.1, 0.15) is 33.1 Å². The summed E-state index contributed by atoms with van der Waals surface area (Å²) in [6.07, 6.45) is 3.67. The molecule has 1 fully saturated rings. The summed E-state index contributed by atoms with van der Waals surface area (Å²) in [5.41, 5.74) is -0.620. The van der Waals surface area contributed by atoms with Crippen molar-refractivity contribution >= 4 is 11.8 Å². The maximum Gasteiger partial charge on any atom is 0.309 e. The molecule has 2 heterocycles. The van der Waals surface area contributed by atoms with Crippen molar-refractivity contribution in [2.24, 2.45) is 5.41 Å². The highest BCUT2D eigenvalue weighted by molar-refractivity contribution is 5.74. The average Bonchev–Trinajstić information content (AvgIpc) is 2.46. The highest BCUT2D eigenvalue weighted by atomic mass is 16.5. The molecule has 1 aliphatic heterocycles. The van der Waals surface area contributed by atoms with Crippen molar-refractivity contribution in [2.75, 3.05) is 24.6 Å². The Balaban J connectivity index is 2.01. The van der Waals surface area contributed by atoms with Gasteiger partial charge in [0.25, 0.3) is 0 Å². The highest BCUT2D eigenvalue weighted by Gasteiger charge is 2.37. The van der Waals surface area contributed by atoms with Crippen molar-refractivity contribution in [3.05, 3.63) is 12.4 Å². The normalized spacial score (nSPS) is 17.8. The summed E-state index contributed by atoms with van der Waals surface area (Å²) in [6.45, 7) is 5.86. The number of anilines is 1. The number of rotatable bonds is 5. The predicted octanol–water partition coefficient (Wildman–Crippen LogP) is 1.96. The van der Waals surface area contributed by atoms with Crippen LogP contribution in [-0.4, -0.2) is 40.7 Å². The molecule has 1 aromatic heterocycles. The fourth-order valence-electron chi connectivity index (χ4n) is 2.23. The summed E-state index contributed by atoms with van der Waals surface area (Å²) < 4.78 is 5.49. The summed E-state index contributed by atoms with van der Waals surface area (Å²) in [7, 11) is 0. The van der Waals surface area contributed by atoms with E-state index < -0.39 is 11.4 Å². The molecule has 0 atom stereocenters. The number of carboxylic acid groups (broad SMARTS) is 1. The second-order valence-electron chi connectivity index (χ2n) is 5.42. The standard InChI is InChI=1S/C14H21N3O3/c1-3-8-20-12-9-11(15-10-16-12)17-6-4-14(2,5-7-17)13(18)19/h9-10H,3-8H2,1-2H3,(H,18,19). The van der Waals surface area contributed by atoms with Crippen LogP contribution in [0.25, 0.3) is 0 Å². The lowest BCUT2D eigenvalue weighted by molar-refractivity contribution is -0.149. The van der Waals surface area contributed by atoms with E-state index in [0.29, 0.717) is 38.4 Å². The van der Waals surface area contributed by atoms with E-state index in [4.69, 9.17) is 4.74 Å². The SMILES string of the molecule is CCCOc1cc(N2CCC(C)(C(=O)O)CC2)ncn1. The fraction of sp³-hybridized carbons (Fsp3) is 0.643. The van der Waals surface area contributed by atoms with Gasteiger partial charge in [-0.3, -0.25) is 4.79 Å². The molecule has 0 aliphatic carbocycles. The van der Waals surface area contributed by atoms with Gasteiger partial charge in [0, 0.05) is 19.2 Å². The molecule has 0 unspecified atom stereocenters. The smallest absolute Gasteiger partial charge is 0.309 e. The molecule has 110 valence electrons. The van der Waals surface area contributed by atoms with Gasteiger partial charge in [-0.25, -0.2) is 9.97 Å². The zero-order valence-electron chi connectivity index (χ0n) is 12.0. The van der Waals surface area contributed by atoms with Crippen LogP contribution < -0.4 is 9.64 Å². The molecule has 6 nitrogen and oxygen atoms in total. The third kappa shape index (κ3) is 3.18. The van der Waals surface area contributed by atoms with E-state index in [9.17, 15) is 9.90 Å². The zero-order chi connectivity index (χ0) is 14.6. The number of hydrogen-bond donors (Lipinski definition) is 1. The van der Waals surface area contributed by atoms with Crippen LogP contribution in [0.2, 0.25) is 0 Å². The maximum absolute atomic E-state index is 11.2. The Morgan fingerprint density at radius 2 is 2.15 bits per heavy atom. The van der Waals surface area contributed by atoms with Crippen LogP contribution in [0.4, 0.5) is 5.82 Å². The average molecular weight is 279 g/mol. The third-order valence-electron chi connectivity index (χ3n) is 3.79. The molecule has 1 aliphatic rings. The molecule has 0 amide bonds. The number of ether oxygens (including phenoxy) is 1. The Morgan fingerprint density at radius 1 is 1.45 bits per heavy atom. The second kappa shape index (κ2) is 6.07. The number of carboxylic acids is 1. The first-order chi connectivity index (χ1) is 9.55. The Bertz CT molecular complexity index is 470. The van der Waals surface area contributed by atoms with Crippen LogP contribution >= 0.6 is 0 Å². The van der Waals surface area contributed by atoms with Crippen LogP contribution in [0.5, 0.6) is 5.88 Å². The molecule has 6 heteroatoms. The van der Waals surface area contributed by atoms with Gasteiger partial charge in [-0.1, -0.05) is 6.92 Å². The molecule has 1 N–H and O–H groups in total. The van der Waals surface area contributed by atoms with Crippen molar-refractivity contribution in [3.8, 4) is 5.88 Å². The maximum atomic E-state index is 11.2. The number of piperidine rings is 1. The fourth-order valence-corrected chi connectivity index (χ4v) is 2.23. The summed E-state index contributed by atoms with van der Waals surface area (Å²) in [4.78, 5) is 21.6. The van der Waals surface area contributed by atoms with Gasteiger partial charge < -0.3 is 14.7 Å². The van der Waals surface area contributed by atoms with Crippen LogP contribution in [0.3, 0.4) is 0 Å². The van der Waals surface area contributed by atoms with E-state index in [0.717, 1.165) is 12.2 Å². The Labute approximate surface area is 118 Å². The molecule has 0 radical (unpaired) electrons. The Hall–Kier alpha value is -1.85. The number of nitrogens with zero attached hydrogens (tertiary/aromatic N) is 3. The molecule has 0 spiro atoms. The van der Waals surface area contributed by atoms with Gasteiger partial charge in [0.05, 0.1) is 12.0 Å². The molecule has 1 aromatic rings. The molecular formula is C14H21N3O3. The topological polar surface area (TPSA) is 75.5 Å². The van der Waals surface area contributed by atoms with E-state index >= 15 is 0 Å². The highest BCUT2D eigenvalue weighted by Crippen LogP contribution is 2.33. The van der Waals surface area contributed by atoms with Gasteiger partial charge >= 0.3 is 5.97 Å². The van der Waals surface area contributed by atoms with Crippen molar-refractivity contribution in [2.45, 2.75) is 33.1 Å². The largest absolute Gasteiger partial charge is 0.481 e. The lowest BCUT2D eigenvalue weighted by atomic mass is 9.80. The number of carbonyl (C=O) groups is 1. The third-order valence-corrected chi connectivity index (χ3v) is 3.79. The first-order valence-electron chi connectivity index (χ1n) is 6.98. The quantitative estimate of drug-likeness (QED) is 0.888. The zero-order valence-corrected chi connectivity index (χ0v) is 12.0. The Morgan fingerprint density at radius 3 is 2.75 bits per heavy atom. The molecule has 0 aromatic carbocycles. The second-order valence-corrected chi connectivity index (χ2v) is 5.42. The molecule has 0 bridgehead atoms. The lowest BCUT2D eigenvalue weighted by Crippen LogP contribution is -2.43. The molecular weight excluding hydrogens is 258 g/mol. The van der Waals surface area contributed by atoms with Crippen molar-refractivity contribution < 1.29 is 14.6 Å². The first-order valence-corrected chi connectivity index (χ1v) is 6.98. The minimum atomic E-state index is -0.716. The minimum Gasteiger partial charge on any atom is -0.481 e. The lowest BCUT2D eigenvalue weighted by Gasteiger charge is -2.37. The molecule has 0 saturated carbocycles. The monoisotopic (exact) mass is 279 g/mol. The van der Waals surface area contributed by atoms with Gasteiger partial charge in [0.15, 0.2) is 0 Å². The number of aliphatic carboxylic acids is 1. The Kier molecular flexibility index (Phi) is 4.42. The molecule has 1 saturated heterocycles. The van der Waals surface area contributed by atoms with Gasteiger partial charge in [0.1, 0.15) is 12.1 Å². The van der Waals surface area contributed by atoms with E-state index in [2.05, 4.69) is 14.9 Å². The van der Waals surface area contributed by atoms with Gasteiger partial charge in [0.2, 0.25) is 5.88 Å². The summed E-state index contributed by atoms with van der Waals surface area (Å²) in [5.74, 6) is 0.661. The molecule has 20 heavy (non-hydrogen) atoms. The summed E-state index contributed by atoms with van der Waals surface area (Å²) in [6, 6.07) is 1.82. The van der Waals surface area contributed by atoms with Crippen LogP contribution in [-0.2, 0) is 4.79 Å². The minimum absolute atomic E-state index is 0.573. The number of aromatic nitrogens is 2. The van der Waals surface area contributed by atoms with Crippen LogP contribution in [0.15, 0.2) is 12.4 Å². The number of hydrogen-bond acceptors (Lipinski definition) is 5. The predicted molar refractivity (Wildman–Crippen MR) is 75.0 cm³/mol. The first kappa shape index (κ1) is 14.6. The van der Waals surface area contributed by atoms with Gasteiger partial charge in [-0.05, 0) is 26.2 Å². The van der Waals surface area contributed by atoms with E-state index in [-0.39, 0.29) is 0 Å². The van der Waals surface area contributed by atoms with E-state index in [1.807, 2.05) is 19.9 Å². The van der Waals surface area contributed by atoms with Crippen molar-refractivity contribution in [1.82, 2.24) is 9.97 Å². The summed E-state index contributed by atoms with van der Waals surface area (Å²) in [5, 5.41) is 9.23. The van der Waals surface area contributed by atoms with Gasteiger partial charge in [-0.2, -0.15) is 0 Å². The van der Waals surface area contributed by atoms with Gasteiger partial charge in [-0.15, -0.1) is 0 Å².